The minimum absolute atomic E-state index is 0.459. The zero-order valence-corrected chi connectivity index (χ0v) is 19.8. The first kappa shape index (κ1) is 20.8. The fourth-order valence-corrected chi connectivity index (χ4v) is 6.14. The molecule has 4 aromatic rings. The van der Waals surface area contributed by atoms with Crippen molar-refractivity contribution in [1.82, 2.24) is 20.2 Å². The second kappa shape index (κ2) is 8.52. The van der Waals surface area contributed by atoms with Crippen LogP contribution in [0.2, 0.25) is 0 Å². The summed E-state index contributed by atoms with van der Waals surface area (Å²) in [7, 11) is 0. The lowest BCUT2D eigenvalue weighted by atomic mass is 10.0. The normalized spacial score (nSPS) is 18.9. The molecule has 6 heteroatoms. The molecule has 5 nitrogen and oxygen atoms in total. The highest BCUT2D eigenvalue weighted by Crippen LogP contribution is 2.41. The van der Waals surface area contributed by atoms with Crippen LogP contribution in [0.4, 0.5) is 5.69 Å². The second-order valence-corrected chi connectivity index (χ2v) is 10.4. The van der Waals surface area contributed by atoms with Crippen LogP contribution in [-0.4, -0.2) is 47.1 Å². The first-order valence-electron chi connectivity index (χ1n) is 11.8. The number of aromatic nitrogens is 2. The van der Waals surface area contributed by atoms with Crippen LogP contribution in [-0.2, 0) is 6.54 Å². The topological polar surface area (TPSA) is 53.1 Å². The molecule has 0 bridgehead atoms. The van der Waals surface area contributed by atoms with Crippen molar-refractivity contribution >= 4 is 43.6 Å². The Hall–Kier alpha value is -2.80. The lowest BCUT2D eigenvalue weighted by Gasteiger charge is -2.16. The summed E-state index contributed by atoms with van der Waals surface area (Å²) in [5.41, 5.74) is 6.41. The van der Waals surface area contributed by atoms with Gasteiger partial charge < -0.3 is 10.6 Å². The van der Waals surface area contributed by atoms with Crippen LogP contribution in [0.5, 0.6) is 0 Å². The van der Waals surface area contributed by atoms with Gasteiger partial charge in [0.2, 0.25) is 0 Å². The number of anilines is 1. The lowest BCUT2D eigenvalue weighted by molar-refractivity contribution is 0.382. The van der Waals surface area contributed by atoms with Gasteiger partial charge in [0.05, 0.1) is 22.6 Å². The van der Waals surface area contributed by atoms with Gasteiger partial charge in [-0.15, -0.1) is 11.3 Å². The summed E-state index contributed by atoms with van der Waals surface area (Å²) in [5.74, 6) is 0. The number of benzene rings is 1. The zero-order chi connectivity index (χ0) is 22.4. The summed E-state index contributed by atoms with van der Waals surface area (Å²) in [4.78, 5) is 13.5. The van der Waals surface area contributed by atoms with Crippen molar-refractivity contribution < 1.29 is 0 Å². The summed E-state index contributed by atoms with van der Waals surface area (Å²) in [6.45, 7) is 11.6. The number of nitrogens with one attached hydrogen (secondary N) is 2. The molecule has 168 valence electrons. The molecule has 0 spiro atoms. The van der Waals surface area contributed by atoms with Crippen LogP contribution in [0.1, 0.15) is 30.3 Å². The van der Waals surface area contributed by atoms with E-state index in [0.717, 1.165) is 60.8 Å². The Balaban J connectivity index is 1.36. The van der Waals surface area contributed by atoms with E-state index in [-0.39, 0.29) is 0 Å². The van der Waals surface area contributed by atoms with Crippen LogP contribution in [0.15, 0.2) is 49.2 Å². The van der Waals surface area contributed by atoms with Gasteiger partial charge in [-0.25, -0.2) is 4.98 Å². The Labute approximate surface area is 198 Å². The maximum Gasteiger partial charge on any atom is 0.0717 e. The Morgan fingerprint density at radius 3 is 2.94 bits per heavy atom. The minimum atomic E-state index is 0.459. The third-order valence-electron chi connectivity index (χ3n) is 6.82. The third kappa shape index (κ3) is 3.92. The van der Waals surface area contributed by atoms with Gasteiger partial charge in [0.25, 0.3) is 0 Å². The van der Waals surface area contributed by atoms with Crippen molar-refractivity contribution in [3.63, 3.8) is 0 Å². The molecule has 0 amide bonds. The van der Waals surface area contributed by atoms with Crippen molar-refractivity contribution in [3.05, 3.63) is 59.7 Å². The number of rotatable bonds is 4. The standard InChI is InChI=1S/C27H29N5S/c1-17(16-32-11-3-4-12-32)23-13-19(9-10-28-23)21-6-5-20-22(31-21)7-8-24-26(20)27-25(33-24)15-29-18(2)14-30-27/h5-10,13,18,29-30H,1,3-4,11-12,14-16H2,2H3/t18-/m1/s1. The molecule has 33 heavy (non-hydrogen) atoms. The molecule has 3 aromatic heterocycles. The highest BCUT2D eigenvalue weighted by atomic mass is 32.1. The molecule has 0 aliphatic carbocycles. The quantitative estimate of drug-likeness (QED) is 0.424. The summed E-state index contributed by atoms with van der Waals surface area (Å²) < 4.78 is 1.32. The molecule has 1 saturated heterocycles. The van der Waals surface area contributed by atoms with Crippen LogP contribution in [0.3, 0.4) is 0 Å². The van der Waals surface area contributed by atoms with Gasteiger partial charge in [-0.1, -0.05) is 6.58 Å². The summed E-state index contributed by atoms with van der Waals surface area (Å²) in [6, 6.07) is 13.4. The van der Waals surface area contributed by atoms with E-state index in [1.807, 2.05) is 23.6 Å². The molecular formula is C27H29N5S. The van der Waals surface area contributed by atoms with Gasteiger partial charge in [0.15, 0.2) is 0 Å². The number of hydrogen-bond acceptors (Lipinski definition) is 6. The highest BCUT2D eigenvalue weighted by molar-refractivity contribution is 7.20. The van der Waals surface area contributed by atoms with Crippen LogP contribution < -0.4 is 10.6 Å². The summed E-state index contributed by atoms with van der Waals surface area (Å²) in [6.07, 6.45) is 4.45. The van der Waals surface area contributed by atoms with E-state index in [9.17, 15) is 0 Å². The molecule has 6 rings (SSSR count). The molecule has 1 fully saturated rings. The molecular weight excluding hydrogens is 426 g/mol. The molecule has 0 radical (unpaired) electrons. The molecule has 1 aromatic carbocycles. The molecule has 0 unspecified atom stereocenters. The Morgan fingerprint density at radius 1 is 1.18 bits per heavy atom. The fourth-order valence-electron chi connectivity index (χ4n) is 4.99. The average Bonchev–Trinajstić information content (AvgIpc) is 3.44. The molecule has 5 heterocycles. The number of likely N-dealkylation sites (tertiary alicyclic amines) is 1. The first-order valence-corrected chi connectivity index (χ1v) is 12.7. The number of pyridine rings is 2. The monoisotopic (exact) mass is 455 g/mol. The van der Waals surface area contributed by atoms with E-state index in [1.54, 1.807) is 0 Å². The smallest absolute Gasteiger partial charge is 0.0717 e. The van der Waals surface area contributed by atoms with E-state index in [4.69, 9.17) is 4.98 Å². The van der Waals surface area contributed by atoms with Crippen molar-refractivity contribution in [2.24, 2.45) is 0 Å². The number of fused-ring (bicyclic) bond motifs is 5. The maximum atomic E-state index is 5.06. The summed E-state index contributed by atoms with van der Waals surface area (Å²) >= 11 is 1.87. The maximum absolute atomic E-state index is 5.06. The van der Waals surface area contributed by atoms with Gasteiger partial charge in [0, 0.05) is 57.8 Å². The van der Waals surface area contributed by atoms with Crippen LogP contribution in [0.25, 0.3) is 37.8 Å². The van der Waals surface area contributed by atoms with Crippen molar-refractivity contribution in [2.75, 3.05) is 31.5 Å². The van der Waals surface area contributed by atoms with Crippen molar-refractivity contribution in [1.29, 1.82) is 0 Å². The molecule has 2 aliphatic rings. The van der Waals surface area contributed by atoms with E-state index in [0.29, 0.717) is 6.04 Å². The van der Waals surface area contributed by atoms with Gasteiger partial charge in [0.1, 0.15) is 0 Å². The number of thiophene rings is 1. The SMILES string of the molecule is C=C(CN1CCCC1)c1cc(-c2ccc3c(ccc4sc5c(c43)NC[C@@H](C)NC5)n2)ccn1. The zero-order valence-electron chi connectivity index (χ0n) is 19.0. The Morgan fingerprint density at radius 2 is 2.06 bits per heavy atom. The van der Waals surface area contributed by atoms with E-state index >= 15 is 0 Å². The van der Waals surface area contributed by atoms with Gasteiger partial charge in [-0.2, -0.15) is 0 Å². The van der Waals surface area contributed by atoms with E-state index in [1.165, 1.54) is 38.9 Å². The predicted molar refractivity (Wildman–Crippen MR) is 140 cm³/mol. The largest absolute Gasteiger partial charge is 0.382 e. The average molecular weight is 456 g/mol. The predicted octanol–water partition coefficient (Wildman–Crippen LogP) is 5.52. The third-order valence-corrected chi connectivity index (χ3v) is 7.98. The Bertz CT molecular complexity index is 1350. The number of hydrogen-bond donors (Lipinski definition) is 2. The highest BCUT2D eigenvalue weighted by Gasteiger charge is 2.19. The second-order valence-electron chi connectivity index (χ2n) is 9.28. The Kier molecular flexibility index (Phi) is 5.37. The number of nitrogens with zero attached hydrogens (tertiary/aromatic N) is 3. The molecule has 2 N–H and O–H groups in total. The van der Waals surface area contributed by atoms with Gasteiger partial charge in [-0.05, 0) is 74.8 Å². The van der Waals surface area contributed by atoms with Crippen molar-refractivity contribution in [3.8, 4) is 11.3 Å². The minimum Gasteiger partial charge on any atom is -0.382 e. The van der Waals surface area contributed by atoms with E-state index < -0.39 is 0 Å². The molecule has 2 aliphatic heterocycles. The van der Waals surface area contributed by atoms with Gasteiger partial charge in [-0.3, -0.25) is 9.88 Å². The van der Waals surface area contributed by atoms with Crippen LogP contribution in [0, 0.1) is 0 Å². The van der Waals surface area contributed by atoms with Crippen LogP contribution >= 0.6 is 11.3 Å². The molecule has 1 atom stereocenters. The lowest BCUT2D eigenvalue weighted by Crippen LogP contribution is -2.29. The van der Waals surface area contributed by atoms with Gasteiger partial charge >= 0.3 is 0 Å². The molecule has 0 saturated carbocycles. The fraction of sp³-hybridized carbons (Fsp3) is 0.333. The van der Waals surface area contributed by atoms with Crippen molar-refractivity contribution in [2.45, 2.75) is 32.4 Å². The first-order chi connectivity index (χ1) is 16.2. The summed E-state index contributed by atoms with van der Waals surface area (Å²) in [5, 5.41) is 9.79. The van der Waals surface area contributed by atoms with E-state index in [2.05, 4.69) is 64.4 Å².